The molecule has 0 saturated heterocycles. The Hall–Kier alpha value is -3.21. The minimum Gasteiger partial charge on any atom is -0.308 e. The van der Waals surface area contributed by atoms with Gasteiger partial charge in [0.15, 0.2) is 4.96 Å². The van der Waals surface area contributed by atoms with Crippen molar-refractivity contribution in [1.82, 2.24) is 14.0 Å². The van der Waals surface area contributed by atoms with Crippen LogP contribution in [0.1, 0.15) is 33.0 Å². The van der Waals surface area contributed by atoms with Crippen molar-refractivity contribution in [3.05, 3.63) is 78.2 Å². The fourth-order valence-electron chi connectivity index (χ4n) is 3.90. The van der Waals surface area contributed by atoms with E-state index < -0.39 is 0 Å². The second-order valence-electron chi connectivity index (χ2n) is 7.37. The Morgan fingerprint density at radius 2 is 1.90 bits per heavy atom. The lowest BCUT2D eigenvalue weighted by molar-refractivity contribution is 0.980. The van der Waals surface area contributed by atoms with Crippen molar-refractivity contribution in [2.24, 2.45) is 0 Å². The Labute approximate surface area is 180 Å². The Morgan fingerprint density at radius 3 is 2.67 bits per heavy atom. The van der Waals surface area contributed by atoms with Crippen LogP contribution in [0.15, 0.2) is 35.1 Å². The molecule has 4 aromatic heterocycles. The van der Waals surface area contributed by atoms with Crippen molar-refractivity contribution < 1.29 is 0 Å². The summed E-state index contributed by atoms with van der Waals surface area (Å²) in [4.78, 5) is 19.5. The highest BCUT2D eigenvalue weighted by atomic mass is 32.1. The van der Waals surface area contributed by atoms with Crippen LogP contribution in [0.2, 0.25) is 0 Å². The van der Waals surface area contributed by atoms with Gasteiger partial charge in [-0.2, -0.15) is 5.26 Å². The van der Waals surface area contributed by atoms with E-state index in [1.54, 1.807) is 15.7 Å². The molecule has 1 aromatic carbocycles. The van der Waals surface area contributed by atoms with Crippen molar-refractivity contribution in [2.75, 3.05) is 0 Å². The summed E-state index contributed by atoms with van der Waals surface area (Å²) in [7, 11) is 0. The number of thiazole rings is 1. The van der Waals surface area contributed by atoms with Gasteiger partial charge < -0.3 is 4.57 Å². The average molecular weight is 431 g/mol. The van der Waals surface area contributed by atoms with Gasteiger partial charge in [0, 0.05) is 16.3 Å². The van der Waals surface area contributed by atoms with Crippen molar-refractivity contribution in [3.63, 3.8) is 0 Å². The van der Waals surface area contributed by atoms with E-state index in [9.17, 15) is 10.1 Å². The predicted octanol–water partition coefficient (Wildman–Crippen LogP) is 4.41. The van der Waals surface area contributed by atoms with Crippen LogP contribution in [-0.2, 0) is 0 Å². The fraction of sp³-hybridized carbons (Fsp3) is 0.174. The first-order valence-corrected chi connectivity index (χ1v) is 11.1. The zero-order valence-electron chi connectivity index (χ0n) is 17.0. The Balaban J connectivity index is 1.72. The maximum atomic E-state index is 13.1. The maximum absolute atomic E-state index is 13.1. The summed E-state index contributed by atoms with van der Waals surface area (Å²) in [6.45, 7) is 8.09. The predicted molar refractivity (Wildman–Crippen MR) is 123 cm³/mol. The molecular weight excluding hydrogens is 412 g/mol. The molecule has 5 rings (SSSR count). The summed E-state index contributed by atoms with van der Waals surface area (Å²) >= 11 is 3.03. The van der Waals surface area contributed by atoms with Crippen LogP contribution >= 0.6 is 22.7 Å². The van der Waals surface area contributed by atoms with Gasteiger partial charge in [0.1, 0.15) is 11.1 Å². The van der Waals surface area contributed by atoms with Crippen LogP contribution in [0.5, 0.6) is 0 Å². The molecule has 0 spiro atoms. The quantitative estimate of drug-likeness (QED) is 0.417. The third kappa shape index (κ3) is 2.58. The van der Waals surface area contributed by atoms with Gasteiger partial charge >= 0.3 is 0 Å². The molecule has 0 atom stereocenters. The van der Waals surface area contributed by atoms with Gasteiger partial charge in [0.05, 0.1) is 21.1 Å². The van der Waals surface area contributed by atoms with E-state index in [1.165, 1.54) is 11.3 Å². The van der Waals surface area contributed by atoms with E-state index in [2.05, 4.69) is 21.7 Å². The highest BCUT2D eigenvalue weighted by molar-refractivity contribution is 7.15. The summed E-state index contributed by atoms with van der Waals surface area (Å²) in [6.07, 6.45) is 1.94. The molecule has 5 nitrogen and oxygen atoms in total. The normalized spacial score (nSPS) is 12.3. The lowest BCUT2D eigenvalue weighted by atomic mass is 10.2. The van der Waals surface area contributed by atoms with Crippen LogP contribution in [0, 0.1) is 39.0 Å². The van der Waals surface area contributed by atoms with Crippen LogP contribution in [-0.4, -0.2) is 14.0 Å². The molecule has 0 saturated carbocycles. The van der Waals surface area contributed by atoms with E-state index in [1.807, 2.05) is 58.0 Å². The molecule has 0 aliphatic rings. The summed E-state index contributed by atoms with van der Waals surface area (Å²) < 4.78 is 4.46. The molecule has 148 valence electrons. The number of para-hydroxylation sites is 2. The first-order valence-electron chi connectivity index (χ1n) is 9.52. The minimum atomic E-state index is -0.0472. The molecule has 4 heterocycles. The van der Waals surface area contributed by atoms with Gasteiger partial charge in [-0.05, 0) is 63.1 Å². The third-order valence-corrected chi connectivity index (χ3v) is 7.74. The number of nitriles is 1. The van der Waals surface area contributed by atoms with Gasteiger partial charge in [-0.3, -0.25) is 4.79 Å². The number of hydrogen-bond acceptors (Lipinski definition) is 5. The Kier molecular flexibility index (Phi) is 4.17. The standard InChI is InChI=1S/C23H18N4OS2/c1-12-9-16(14(3)26(12)22-17(11-24)13(2)15(4)29-22)10-20-21(28)27-19-8-6-5-7-18(19)25-23(27)30-20/h5-10H,1-4H3/b20-10+. The maximum Gasteiger partial charge on any atom is 0.274 e. The zero-order chi connectivity index (χ0) is 21.2. The number of benzene rings is 1. The van der Waals surface area contributed by atoms with Gasteiger partial charge in [-0.1, -0.05) is 23.5 Å². The molecule has 0 aliphatic carbocycles. The molecule has 0 aliphatic heterocycles. The number of rotatable bonds is 2. The number of aryl methyl sites for hydroxylation is 2. The molecule has 30 heavy (non-hydrogen) atoms. The highest BCUT2D eigenvalue weighted by Gasteiger charge is 2.19. The first-order chi connectivity index (χ1) is 14.4. The van der Waals surface area contributed by atoms with Gasteiger partial charge in [-0.15, -0.1) is 11.3 Å². The number of imidazole rings is 1. The lowest BCUT2D eigenvalue weighted by Crippen LogP contribution is -2.22. The first kappa shape index (κ1) is 18.8. The monoisotopic (exact) mass is 430 g/mol. The largest absolute Gasteiger partial charge is 0.308 e. The molecule has 0 bridgehead atoms. The molecular formula is C23H18N4OS2. The van der Waals surface area contributed by atoms with Gasteiger partial charge in [-0.25, -0.2) is 9.38 Å². The summed E-state index contributed by atoms with van der Waals surface area (Å²) in [5.74, 6) is 0. The number of aromatic nitrogens is 3. The molecule has 0 radical (unpaired) electrons. The molecule has 0 unspecified atom stereocenters. The smallest absolute Gasteiger partial charge is 0.274 e. The van der Waals surface area contributed by atoms with Gasteiger partial charge in [0.25, 0.3) is 5.56 Å². The minimum absolute atomic E-state index is 0.0472. The number of nitrogens with zero attached hydrogens (tertiary/aromatic N) is 4. The Bertz CT molecular complexity index is 1620. The van der Waals surface area contributed by atoms with Crippen LogP contribution in [0.3, 0.4) is 0 Å². The molecule has 0 fully saturated rings. The third-order valence-electron chi connectivity index (χ3n) is 5.58. The number of thiophene rings is 1. The lowest BCUT2D eigenvalue weighted by Gasteiger charge is -2.07. The van der Waals surface area contributed by atoms with Crippen LogP contribution in [0.25, 0.3) is 27.1 Å². The van der Waals surface area contributed by atoms with Crippen LogP contribution in [0.4, 0.5) is 0 Å². The topological polar surface area (TPSA) is 63.1 Å². The Morgan fingerprint density at radius 1 is 1.13 bits per heavy atom. The average Bonchev–Trinajstić information content (AvgIpc) is 3.39. The molecule has 5 aromatic rings. The van der Waals surface area contributed by atoms with Crippen molar-refractivity contribution in [3.8, 4) is 11.1 Å². The highest BCUT2D eigenvalue weighted by Crippen LogP contribution is 2.33. The molecule has 7 heteroatoms. The summed E-state index contributed by atoms with van der Waals surface area (Å²) in [6, 6.07) is 12.1. The van der Waals surface area contributed by atoms with E-state index in [-0.39, 0.29) is 5.56 Å². The van der Waals surface area contributed by atoms with E-state index in [0.29, 0.717) is 9.49 Å². The van der Waals surface area contributed by atoms with E-state index in [0.717, 1.165) is 49.0 Å². The fourth-order valence-corrected chi connectivity index (χ4v) is 6.09. The number of hydrogen-bond donors (Lipinski definition) is 0. The van der Waals surface area contributed by atoms with E-state index >= 15 is 0 Å². The van der Waals surface area contributed by atoms with Crippen molar-refractivity contribution >= 4 is 44.7 Å². The van der Waals surface area contributed by atoms with Crippen molar-refractivity contribution in [2.45, 2.75) is 27.7 Å². The summed E-state index contributed by atoms with van der Waals surface area (Å²) in [5.41, 5.74) is 6.40. The van der Waals surface area contributed by atoms with Crippen LogP contribution < -0.4 is 10.1 Å². The molecule has 0 N–H and O–H groups in total. The zero-order valence-corrected chi connectivity index (χ0v) is 18.6. The van der Waals surface area contributed by atoms with Gasteiger partial charge in [0.2, 0.25) is 0 Å². The number of fused-ring (bicyclic) bond motifs is 3. The summed E-state index contributed by atoms with van der Waals surface area (Å²) in [5, 5.41) is 10.6. The second-order valence-corrected chi connectivity index (χ2v) is 9.58. The molecule has 0 amide bonds. The van der Waals surface area contributed by atoms with Crippen molar-refractivity contribution in [1.29, 1.82) is 5.26 Å². The van der Waals surface area contributed by atoms with E-state index in [4.69, 9.17) is 0 Å². The second kappa shape index (κ2) is 6.66. The SMILES string of the molecule is Cc1sc(-n2c(C)cc(/C=c3/sc4nc5ccccc5n4c3=O)c2C)c(C#N)c1C.